The molecule has 21 heavy (non-hydrogen) atoms. The van der Waals surface area contributed by atoms with Crippen molar-refractivity contribution in [3.63, 3.8) is 0 Å². The molecule has 0 amide bonds. The van der Waals surface area contributed by atoms with Gasteiger partial charge in [0.05, 0.1) is 6.04 Å². The first-order valence-electron chi connectivity index (χ1n) is 7.25. The number of halogens is 1. The minimum Gasteiger partial charge on any atom is -0.362 e. The first kappa shape index (κ1) is 16.4. The highest BCUT2D eigenvalue weighted by atomic mass is 79.9. The van der Waals surface area contributed by atoms with Crippen molar-refractivity contribution in [2.45, 2.75) is 52.0 Å². The Bertz CT molecular complexity index is 576. The standard InChI is InChI=1S/C16H22BrN3S/c1-5-7-11(12-8-6-9-21-12)18-14-10-13(17)19-15(20-14)16(2,3)4/h6,8-11H,5,7H2,1-4H3,(H,18,19,20). The molecule has 2 aromatic rings. The van der Waals surface area contributed by atoms with Crippen LogP contribution in [0.2, 0.25) is 0 Å². The second kappa shape index (κ2) is 6.88. The van der Waals surface area contributed by atoms with Gasteiger partial charge in [-0.1, -0.05) is 40.2 Å². The molecule has 0 fully saturated rings. The van der Waals surface area contributed by atoms with Gasteiger partial charge in [-0.05, 0) is 33.8 Å². The Morgan fingerprint density at radius 3 is 2.67 bits per heavy atom. The Morgan fingerprint density at radius 2 is 2.10 bits per heavy atom. The number of nitrogens with one attached hydrogen (secondary N) is 1. The van der Waals surface area contributed by atoms with E-state index in [2.05, 4.69) is 76.4 Å². The number of nitrogens with zero attached hydrogens (tertiary/aromatic N) is 2. The SMILES string of the molecule is CCCC(Nc1cc(Br)nc(C(C)(C)C)n1)c1cccs1. The van der Waals surface area contributed by atoms with Gasteiger partial charge >= 0.3 is 0 Å². The van der Waals surface area contributed by atoms with E-state index < -0.39 is 0 Å². The lowest BCUT2D eigenvalue weighted by Gasteiger charge is -2.21. The molecule has 0 aromatic carbocycles. The molecule has 114 valence electrons. The van der Waals surface area contributed by atoms with Crippen LogP contribution in [0.1, 0.15) is 57.3 Å². The Kier molecular flexibility index (Phi) is 5.38. The van der Waals surface area contributed by atoms with Crippen LogP contribution in [-0.4, -0.2) is 9.97 Å². The van der Waals surface area contributed by atoms with Gasteiger partial charge in [0.1, 0.15) is 16.2 Å². The Balaban J connectivity index is 2.26. The van der Waals surface area contributed by atoms with Gasteiger partial charge in [0.15, 0.2) is 0 Å². The van der Waals surface area contributed by atoms with Crippen LogP contribution in [0.15, 0.2) is 28.2 Å². The van der Waals surface area contributed by atoms with E-state index in [-0.39, 0.29) is 5.41 Å². The molecule has 0 spiro atoms. The van der Waals surface area contributed by atoms with Crippen LogP contribution in [0.5, 0.6) is 0 Å². The third-order valence-electron chi connectivity index (χ3n) is 3.15. The predicted molar refractivity (Wildman–Crippen MR) is 94.0 cm³/mol. The van der Waals surface area contributed by atoms with Gasteiger partial charge in [0.25, 0.3) is 0 Å². The highest BCUT2D eigenvalue weighted by molar-refractivity contribution is 9.10. The second-order valence-corrected chi connectivity index (χ2v) is 7.94. The zero-order valence-electron chi connectivity index (χ0n) is 13.0. The van der Waals surface area contributed by atoms with Gasteiger partial charge < -0.3 is 5.32 Å². The van der Waals surface area contributed by atoms with Crippen molar-refractivity contribution in [1.29, 1.82) is 0 Å². The normalized spacial score (nSPS) is 13.2. The van der Waals surface area contributed by atoms with Crippen LogP contribution in [0.3, 0.4) is 0 Å². The Hall–Kier alpha value is -0.940. The average Bonchev–Trinajstić information content (AvgIpc) is 2.90. The van der Waals surface area contributed by atoms with Crippen LogP contribution >= 0.6 is 27.3 Å². The highest BCUT2D eigenvalue weighted by Crippen LogP contribution is 2.29. The largest absolute Gasteiger partial charge is 0.362 e. The maximum atomic E-state index is 4.69. The van der Waals surface area contributed by atoms with E-state index in [0.717, 1.165) is 29.1 Å². The zero-order chi connectivity index (χ0) is 15.5. The molecular formula is C16H22BrN3S. The summed E-state index contributed by atoms with van der Waals surface area (Å²) < 4.78 is 0.825. The summed E-state index contributed by atoms with van der Waals surface area (Å²) in [5.74, 6) is 1.73. The topological polar surface area (TPSA) is 37.8 Å². The number of hydrogen-bond acceptors (Lipinski definition) is 4. The van der Waals surface area contributed by atoms with Crippen molar-refractivity contribution >= 4 is 33.1 Å². The van der Waals surface area contributed by atoms with Crippen LogP contribution in [0.25, 0.3) is 0 Å². The predicted octanol–water partition coefficient (Wildman–Crippen LogP) is 5.55. The molecule has 0 bridgehead atoms. The summed E-state index contributed by atoms with van der Waals surface area (Å²) in [7, 11) is 0. The lowest BCUT2D eigenvalue weighted by atomic mass is 9.96. The Morgan fingerprint density at radius 1 is 1.33 bits per heavy atom. The summed E-state index contributed by atoms with van der Waals surface area (Å²) in [6.07, 6.45) is 2.22. The molecule has 2 aromatic heterocycles. The molecule has 2 rings (SSSR count). The van der Waals surface area contributed by atoms with E-state index in [4.69, 9.17) is 0 Å². The molecule has 0 saturated heterocycles. The zero-order valence-corrected chi connectivity index (χ0v) is 15.4. The lowest BCUT2D eigenvalue weighted by Crippen LogP contribution is -2.18. The summed E-state index contributed by atoms with van der Waals surface area (Å²) in [5, 5.41) is 5.69. The minimum absolute atomic E-state index is 0.0661. The maximum absolute atomic E-state index is 4.69. The number of thiophene rings is 1. The van der Waals surface area contributed by atoms with E-state index in [1.165, 1.54) is 4.88 Å². The summed E-state index contributed by atoms with van der Waals surface area (Å²) >= 11 is 5.28. The van der Waals surface area contributed by atoms with E-state index in [1.54, 1.807) is 11.3 Å². The number of hydrogen-bond donors (Lipinski definition) is 1. The van der Waals surface area contributed by atoms with Crippen molar-refractivity contribution in [3.05, 3.63) is 38.9 Å². The summed E-state index contributed by atoms with van der Waals surface area (Å²) in [6.45, 7) is 8.59. The van der Waals surface area contributed by atoms with Crippen LogP contribution in [-0.2, 0) is 5.41 Å². The first-order chi connectivity index (χ1) is 9.90. The monoisotopic (exact) mass is 367 g/mol. The summed E-state index contributed by atoms with van der Waals surface area (Å²) in [6, 6.07) is 6.54. The highest BCUT2D eigenvalue weighted by Gasteiger charge is 2.20. The van der Waals surface area contributed by atoms with Crippen molar-refractivity contribution in [2.75, 3.05) is 5.32 Å². The van der Waals surface area contributed by atoms with E-state index in [0.29, 0.717) is 6.04 Å². The molecule has 0 saturated carbocycles. The molecule has 3 nitrogen and oxygen atoms in total. The summed E-state index contributed by atoms with van der Waals surface area (Å²) in [4.78, 5) is 10.5. The number of anilines is 1. The number of aromatic nitrogens is 2. The molecule has 0 radical (unpaired) electrons. The lowest BCUT2D eigenvalue weighted by molar-refractivity contribution is 0.543. The quantitative estimate of drug-likeness (QED) is 0.703. The van der Waals surface area contributed by atoms with Gasteiger partial charge in [-0.25, -0.2) is 9.97 Å². The van der Waals surface area contributed by atoms with Crippen LogP contribution in [0.4, 0.5) is 5.82 Å². The van der Waals surface area contributed by atoms with Crippen molar-refractivity contribution in [1.82, 2.24) is 9.97 Å². The van der Waals surface area contributed by atoms with Gasteiger partial charge in [0.2, 0.25) is 0 Å². The van der Waals surface area contributed by atoms with Crippen LogP contribution < -0.4 is 5.32 Å². The number of rotatable bonds is 5. The molecule has 1 atom stereocenters. The maximum Gasteiger partial charge on any atom is 0.137 e. The third kappa shape index (κ3) is 4.51. The fraction of sp³-hybridized carbons (Fsp3) is 0.500. The molecule has 0 aliphatic carbocycles. The van der Waals surface area contributed by atoms with Gasteiger partial charge in [-0.2, -0.15) is 0 Å². The van der Waals surface area contributed by atoms with Gasteiger partial charge in [-0.15, -0.1) is 11.3 Å². The van der Waals surface area contributed by atoms with Gasteiger partial charge in [-0.3, -0.25) is 0 Å². The van der Waals surface area contributed by atoms with Crippen molar-refractivity contribution < 1.29 is 0 Å². The molecule has 1 unspecified atom stereocenters. The van der Waals surface area contributed by atoms with E-state index >= 15 is 0 Å². The van der Waals surface area contributed by atoms with E-state index in [1.807, 2.05) is 6.07 Å². The molecule has 2 heterocycles. The molecule has 0 aliphatic rings. The summed E-state index contributed by atoms with van der Waals surface area (Å²) in [5.41, 5.74) is -0.0661. The molecular weight excluding hydrogens is 346 g/mol. The van der Waals surface area contributed by atoms with Gasteiger partial charge in [0, 0.05) is 16.4 Å². The van der Waals surface area contributed by atoms with Crippen molar-refractivity contribution in [3.8, 4) is 0 Å². The van der Waals surface area contributed by atoms with E-state index in [9.17, 15) is 0 Å². The minimum atomic E-state index is -0.0661. The fourth-order valence-corrected chi connectivity index (χ4v) is 3.27. The fourth-order valence-electron chi connectivity index (χ4n) is 2.07. The Labute approximate surface area is 139 Å². The first-order valence-corrected chi connectivity index (χ1v) is 8.92. The van der Waals surface area contributed by atoms with Crippen LogP contribution in [0, 0.1) is 0 Å². The second-order valence-electron chi connectivity index (χ2n) is 6.15. The smallest absolute Gasteiger partial charge is 0.137 e. The molecule has 5 heteroatoms. The third-order valence-corrected chi connectivity index (χ3v) is 4.54. The molecule has 0 aliphatic heterocycles. The van der Waals surface area contributed by atoms with Crippen molar-refractivity contribution in [2.24, 2.45) is 0 Å². The molecule has 1 N–H and O–H groups in total. The average molecular weight is 368 g/mol.